The Balaban J connectivity index is 0.000000150. The predicted octanol–water partition coefficient (Wildman–Crippen LogP) is 12.2. The number of hydrogen-bond donors (Lipinski definition) is 0. The van der Waals surface area contributed by atoms with E-state index in [-0.39, 0.29) is 0 Å². The van der Waals surface area contributed by atoms with E-state index in [1.807, 2.05) is 158 Å². The van der Waals surface area contributed by atoms with Crippen molar-refractivity contribution in [2.45, 2.75) is 76.0 Å². The number of fused-ring (bicyclic) bond motifs is 2. The van der Waals surface area contributed by atoms with Gasteiger partial charge in [0.05, 0.1) is 10.6 Å². The first-order valence-electron chi connectivity index (χ1n) is 21.0. The van der Waals surface area contributed by atoms with E-state index in [1.54, 1.807) is 0 Å². The summed E-state index contributed by atoms with van der Waals surface area (Å²) < 4.78 is 43.1. The lowest BCUT2D eigenvalue weighted by atomic mass is 9.87. The van der Waals surface area contributed by atoms with Crippen LogP contribution >= 0.6 is 14.3 Å². The van der Waals surface area contributed by atoms with Gasteiger partial charge < -0.3 is 18.0 Å². The highest BCUT2D eigenvalue weighted by Crippen LogP contribution is 2.51. The summed E-state index contributed by atoms with van der Waals surface area (Å²) in [4.78, 5) is 0. The summed E-state index contributed by atoms with van der Waals surface area (Å²) in [5, 5.41) is 7.29. The minimum atomic E-state index is -3.07. The van der Waals surface area contributed by atoms with E-state index in [2.05, 4.69) is 12.1 Å². The van der Waals surface area contributed by atoms with Crippen LogP contribution in [0, 0.1) is 0 Å². The zero-order valence-corrected chi connectivity index (χ0v) is 34.7. The van der Waals surface area contributed by atoms with Crippen molar-refractivity contribution in [3.8, 4) is 0 Å². The second-order valence-electron chi connectivity index (χ2n) is 15.9. The Morgan fingerprint density at radius 2 is 0.621 bits per heavy atom. The van der Waals surface area contributed by atoms with Gasteiger partial charge in [0.15, 0.2) is 14.3 Å². The fraction of sp³-hybridized carbons (Fsp3) is 0.231. The molecule has 0 saturated heterocycles. The zero-order chi connectivity index (χ0) is 39.4. The molecule has 2 heterocycles. The van der Waals surface area contributed by atoms with Crippen LogP contribution in [0.5, 0.6) is 0 Å². The first-order valence-corrected chi connectivity index (χ1v) is 24.4. The lowest BCUT2D eigenvalue weighted by Gasteiger charge is -2.25. The van der Waals surface area contributed by atoms with Crippen LogP contribution in [0.15, 0.2) is 179 Å². The fourth-order valence-corrected chi connectivity index (χ4v) is 15.5. The van der Waals surface area contributed by atoms with Gasteiger partial charge in [0.1, 0.15) is 22.7 Å². The molecule has 10 rings (SSSR count). The van der Waals surface area contributed by atoms with Crippen molar-refractivity contribution in [2.75, 3.05) is 0 Å². The predicted molar refractivity (Wildman–Crippen MR) is 243 cm³/mol. The zero-order valence-electron chi connectivity index (χ0n) is 32.9. The average molecular weight is 801 g/mol. The Kier molecular flexibility index (Phi) is 11.2. The number of hydrogen-bond acceptors (Lipinski definition) is 4. The molecule has 2 aromatic heterocycles. The van der Waals surface area contributed by atoms with E-state index >= 15 is 9.13 Å². The van der Waals surface area contributed by atoms with Crippen LogP contribution in [0.2, 0.25) is 0 Å². The summed E-state index contributed by atoms with van der Waals surface area (Å²) in [6.07, 6.45) is 11.8. The molecule has 0 atom stereocenters. The van der Waals surface area contributed by atoms with Crippen LogP contribution in [-0.2, 0) is 9.13 Å². The summed E-state index contributed by atoms with van der Waals surface area (Å²) >= 11 is 0. The molecule has 0 bridgehead atoms. The molecular formula is C52H50O4P2. The van der Waals surface area contributed by atoms with Crippen LogP contribution in [-0.4, -0.2) is 0 Å². The standard InChI is InChI=1S/2C26H25O2P/c2*27-29(21-14-6-2-7-15-21,22-16-8-3-9-17-22)26-23-18-10-11-19-24(23)28-25(26)20-12-4-1-5-13-20/h2*2-3,6-11,14-20H,1,4-5,12-13H2. The van der Waals surface area contributed by atoms with Gasteiger partial charge in [0.25, 0.3) is 0 Å². The van der Waals surface area contributed by atoms with Gasteiger partial charge in [-0.25, -0.2) is 0 Å². The molecule has 8 aromatic rings. The molecule has 2 saturated carbocycles. The highest BCUT2D eigenvalue weighted by atomic mass is 31.2. The highest BCUT2D eigenvalue weighted by molar-refractivity contribution is 7.86. The van der Waals surface area contributed by atoms with E-state index in [9.17, 15) is 0 Å². The molecule has 6 heteroatoms. The fourth-order valence-electron chi connectivity index (χ4n) is 9.40. The van der Waals surface area contributed by atoms with Crippen molar-refractivity contribution in [1.82, 2.24) is 0 Å². The Morgan fingerprint density at radius 3 is 0.931 bits per heavy atom. The Labute approximate surface area is 342 Å². The Bertz CT molecular complexity index is 2410. The Hall–Kier alpha value is -5.14. The minimum absolute atomic E-state index is 0.340. The second-order valence-corrected chi connectivity index (χ2v) is 21.2. The maximum Gasteiger partial charge on any atom is 0.175 e. The Morgan fingerprint density at radius 1 is 0.345 bits per heavy atom. The molecule has 4 nitrogen and oxygen atoms in total. The number of para-hydroxylation sites is 2. The van der Waals surface area contributed by atoms with Crippen molar-refractivity contribution in [3.05, 3.63) is 181 Å². The highest BCUT2D eigenvalue weighted by Gasteiger charge is 2.40. The quantitative estimate of drug-likeness (QED) is 0.144. The van der Waals surface area contributed by atoms with E-state index in [0.717, 1.165) is 91.0 Å². The third-order valence-corrected chi connectivity index (χ3v) is 18.5. The van der Waals surface area contributed by atoms with Gasteiger partial charge in [-0.15, -0.1) is 0 Å². The van der Waals surface area contributed by atoms with Gasteiger partial charge in [-0.1, -0.05) is 196 Å². The summed E-state index contributed by atoms with van der Waals surface area (Å²) in [6.45, 7) is 0. The van der Waals surface area contributed by atoms with Crippen molar-refractivity contribution in [1.29, 1.82) is 0 Å². The van der Waals surface area contributed by atoms with Gasteiger partial charge in [-0.05, 0) is 37.8 Å². The van der Waals surface area contributed by atoms with Crippen LogP contribution in [0.1, 0.15) is 87.6 Å². The minimum Gasteiger partial charge on any atom is -0.460 e. The summed E-state index contributed by atoms with van der Waals surface area (Å²) in [7, 11) is -6.14. The maximum atomic E-state index is 15.1. The molecular weight excluding hydrogens is 751 g/mol. The number of furan rings is 2. The van der Waals surface area contributed by atoms with Gasteiger partial charge >= 0.3 is 0 Å². The van der Waals surface area contributed by atoms with E-state index in [4.69, 9.17) is 8.83 Å². The van der Waals surface area contributed by atoms with Gasteiger partial charge in [-0.3, -0.25) is 0 Å². The monoisotopic (exact) mass is 800 g/mol. The first kappa shape index (κ1) is 38.4. The molecule has 2 fully saturated rings. The van der Waals surface area contributed by atoms with Crippen LogP contribution < -0.4 is 31.8 Å². The second kappa shape index (κ2) is 17.0. The molecule has 0 aliphatic heterocycles. The van der Waals surface area contributed by atoms with Crippen molar-refractivity contribution < 1.29 is 18.0 Å². The van der Waals surface area contributed by atoms with Gasteiger partial charge in [0.2, 0.25) is 0 Å². The molecule has 6 aromatic carbocycles. The molecule has 0 N–H and O–H groups in total. The smallest absolute Gasteiger partial charge is 0.175 e. The molecule has 0 unspecified atom stereocenters. The van der Waals surface area contributed by atoms with Crippen molar-refractivity contribution >= 4 is 68.0 Å². The molecule has 58 heavy (non-hydrogen) atoms. The van der Waals surface area contributed by atoms with Crippen LogP contribution in [0.4, 0.5) is 0 Å². The van der Waals surface area contributed by atoms with E-state index in [0.29, 0.717) is 11.8 Å². The third kappa shape index (κ3) is 7.16. The van der Waals surface area contributed by atoms with Crippen LogP contribution in [0.25, 0.3) is 21.9 Å². The maximum absolute atomic E-state index is 15.1. The summed E-state index contributed by atoms with van der Waals surface area (Å²) in [6, 6.07) is 55.9. The lowest BCUT2D eigenvalue weighted by Crippen LogP contribution is -2.27. The number of rotatable bonds is 8. The van der Waals surface area contributed by atoms with Crippen molar-refractivity contribution in [3.63, 3.8) is 0 Å². The topological polar surface area (TPSA) is 60.4 Å². The molecule has 292 valence electrons. The molecule has 0 spiro atoms. The van der Waals surface area contributed by atoms with E-state index in [1.165, 1.54) is 38.5 Å². The number of benzene rings is 6. The average Bonchev–Trinajstić information content (AvgIpc) is 3.91. The summed E-state index contributed by atoms with van der Waals surface area (Å²) in [5.74, 6) is 2.57. The van der Waals surface area contributed by atoms with Crippen LogP contribution in [0.3, 0.4) is 0 Å². The lowest BCUT2D eigenvalue weighted by molar-refractivity contribution is 0.387. The first-order chi connectivity index (χ1) is 28.6. The largest absolute Gasteiger partial charge is 0.460 e. The normalized spacial score (nSPS) is 15.6. The summed E-state index contributed by atoms with van der Waals surface area (Å²) in [5.41, 5.74) is 1.69. The third-order valence-electron chi connectivity index (χ3n) is 12.3. The van der Waals surface area contributed by atoms with Gasteiger partial charge in [-0.2, -0.15) is 0 Å². The molecule has 0 radical (unpaired) electrons. The van der Waals surface area contributed by atoms with Crippen molar-refractivity contribution in [2.24, 2.45) is 0 Å². The van der Waals surface area contributed by atoms with Gasteiger partial charge in [0, 0.05) is 43.8 Å². The SMILES string of the molecule is O=P(c1ccccc1)(c1ccccc1)c1c(C2CCCCC2)oc2ccccc12.O=P(c1ccccc1)(c1ccccc1)c1c(C2CCCCC2)oc2ccccc12. The molecule has 2 aliphatic carbocycles. The molecule has 2 aliphatic rings. The molecule has 0 amide bonds. The van der Waals surface area contributed by atoms with E-state index < -0.39 is 14.3 Å².